The number of nitrogens with two attached hydrogens (primary N) is 1. The number of nitrogens with zero attached hydrogens (tertiary/aromatic N) is 6. The van der Waals surface area contributed by atoms with E-state index in [1.165, 1.54) is 34.2 Å². The van der Waals surface area contributed by atoms with Crippen molar-refractivity contribution in [3.63, 3.8) is 0 Å². The van der Waals surface area contributed by atoms with Gasteiger partial charge >= 0.3 is 0 Å². The first-order valence-electron chi connectivity index (χ1n) is 9.57. The molecule has 2 aromatic heterocycles. The van der Waals surface area contributed by atoms with Gasteiger partial charge in [0, 0.05) is 5.56 Å². The Morgan fingerprint density at radius 1 is 1.24 bits per heavy atom. The summed E-state index contributed by atoms with van der Waals surface area (Å²) in [5.41, 5.74) is 8.16. The summed E-state index contributed by atoms with van der Waals surface area (Å²) in [5.74, 6) is -0.668. The molecule has 3 N–H and O–H groups in total. The second-order valence-electron chi connectivity index (χ2n) is 6.56. The summed E-state index contributed by atoms with van der Waals surface area (Å²) in [6, 6.07) is 8.22. The predicted molar refractivity (Wildman–Crippen MR) is 105 cm³/mol. The van der Waals surface area contributed by atoms with Gasteiger partial charge in [0.25, 0.3) is 11.9 Å². The van der Waals surface area contributed by atoms with Crippen molar-refractivity contribution in [2.24, 2.45) is 5.73 Å². The number of aromatic nitrogens is 6. The van der Waals surface area contributed by atoms with E-state index in [1.54, 1.807) is 6.20 Å². The van der Waals surface area contributed by atoms with Gasteiger partial charge in [-0.1, -0.05) is 49.2 Å². The van der Waals surface area contributed by atoms with Crippen LogP contribution < -0.4 is 5.73 Å². The van der Waals surface area contributed by atoms with Crippen molar-refractivity contribution in [2.45, 2.75) is 39.3 Å². The fourth-order valence-electron chi connectivity index (χ4n) is 2.83. The Labute approximate surface area is 168 Å². The Hall–Kier alpha value is -3.11. The normalized spacial score (nSPS) is 11.1. The summed E-state index contributed by atoms with van der Waals surface area (Å²) in [4.78, 5) is 15.6. The van der Waals surface area contributed by atoms with Crippen LogP contribution in [-0.2, 0) is 17.9 Å². The lowest BCUT2D eigenvalue weighted by Gasteiger charge is -2.05. The number of aliphatic hydroxyl groups is 1. The zero-order valence-electron chi connectivity index (χ0n) is 16.4. The van der Waals surface area contributed by atoms with Crippen LogP contribution in [0.2, 0.25) is 0 Å². The number of rotatable bonds is 11. The molecule has 1 amide bonds. The highest BCUT2D eigenvalue weighted by molar-refractivity contribution is 5.88. The third-order valence-electron chi connectivity index (χ3n) is 4.34. The van der Waals surface area contributed by atoms with Gasteiger partial charge in [0.05, 0.1) is 19.4 Å². The maximum absolute atomic E-state index is 11.4. The highest BCUT2D eigenvalue weighted by Gasteiger charge is 2.17. The summed E-state index contributed by atoms with van der Waals surface area (Å²) in [6.45, 7) is 2.17. The van der Waals surface area contributed by atoms with Crippen molar-refractivity contribution >= 4 is 5.91 Å². The van der Waals surface area contributed by atoms with E-state index in [9.17, 15) is 4.79 Å². The number of carbonyl (C=O) groups excluding carboxylic acids is 1. The number of carbonyl (C=O) groups is 1. The predicted octanol–water partition coefficient (Wildman–Crippen LogP) is 1.32. The first-order chi connectivity index (χ1) is 14.1. The Morgan fingerprint density at radius 2 is 2.03 bits per heavy atom. The Bertz CT molecular complexity index is 934. The number of aliphatic hydroxyl groups excluding tert-OH is 1. The van der Waals surface area contributed by atoms with E-state index in [-0.39, 0.29) is 31.7 Å². The third-order valence-corrected chi connectivity index (χ3v) is 4.34. The second kappa shape index (κ2) is 9.89. The number of primary amides is 1. The molecule has 0 fully saturated rings. The molecule has 0 aliphatic rings. The van der Waals surface area contributed by atoms with E-state index in [0.29, 0.717) is 5.69 Å². The van der Waals surface area contributed by atoms with Crippen molar-refractivity contribution in [1.82, 2.24) is 29.8 Å². The van der Waals surface area contributed by atoms with Crippen molar-refractivity contribution in [3.8, 4) is 17.2 Å². The molecule has 2 heterocycles. The summed E-state index contributed by atoms with van der Waals surface area (Å²) < 4.78 is 8.01. The Kier molecular flexibility index (Phi) is 7.04. The molecule has 3 aromatic rings. The quantitative estimate of drug-likeness (QED) is 0.464. The van der Waals surface area contributed by atoms with Crippen molar-refractivity contribution < 1.29 is 14.6 Å². The first kappa shape index (κ1) is 20.6. The topological polar surface area (TPSA) is 134 Å². The van der Waals surface area contributed by atoms with E-state index in [2.05, 4.69) is 39.5 Å². The lowest BCUT2D eigenvalue weighted by molar-refractivity contribution is 0.0412. The molecule has 0 aliphatic heterocycles. The van der Waals surface area contributed by atoms with Crippen molar-refractivity contribution in [3.05, 3.63) is 41.9 Å². The summed E-state index contributed by atoms with van der Waals surface area (Å²) in [6.07, 6.45) is 6.37. The molecule has 10 nitrogen and oxygen atoms in total. The average molecular weight is 399 g/mol. The largest absolute Gasteiger partial charge is 0.394 e. The second-order valence-corrected chi connectivity index (χ2v) is 6.56. The standard InChI is InChI=1S/C19H25N7O3/c1-2-3-4-5-14-6-8-15(9-7-14)16-12-25(24-22-16)19-21-18(17(20)28)23-26(19)13-29-11-10-27/h6-9,12,27H,2-5,10-11,13H2,1H3,(H2,20,28). The fourth-order valence-corrected chi connectivity index (χ4v) is 2.83. The van der Waals surface area contributed by atoms with Gasteiger partial charge < -0.3 is 15.6 Å². The van der Waals surface area contributed by atoms with Gasteiger partial charge in [0.15, 0.2) is 0 Å². The number of benzene rings is 1. The molecule has 0 atom stereocenters. The zero-order chi connectivity index (χ0) is 20.6. The SMILES string of the molecule is CCCCCc1ccc(-c2cn(-c3nc(C(N)=O)nn3COCCO)nn2)cc1. The van der Waals surface area contributed by atoms with Gasteiger partial charge in [0.1, 0.15) is 12.4 Å². The van der Waals surface area contributed by atoms with Gasteiger partial charge in [-0.15, -0.1) is 10.2 Å². The third kappa shape index (κ3) is 5.24. The molecule has 10 heteroatoms. The zero-order valence-corrected chi connectivity index (χ0v) is 16.4. The molecular formula is C19H25N7O3. The molecule has 154 valence electrons. The van der Waals surface area contributed by atoms with Crippen LogP contribution in [0.15, 0.2) is 30.5 Å². The van der Waals surface area contributed by atoms with Gasteiger partial charge in [-0.2, -0.15) is 9.67 Å². The van der Waals surface area contributed by atoms with Gasteiger partial charge in [0.2, 0.25) is 5.82 Å². The molecule has 0 unspecified atom stereocenters. The number of hydrogen-bond acceptors (Lipinski definition) is 7. The van der Waals surface area contributed by atoms with Crippen LogP contribution in [-0.4, -0.2) is 54.0 Å². The minimum Gasteiger partial charge on any atom is -0.394 e. The monoisotopic (exact) mass is 399 g/mol. The number of aryl methyl sites for hydroxylation is 1. The van der Waals surface area contributed by atoms with E-state index >= 15 is 0 Å². The maximum atomic E-state index is 11.4. The Morgan fingerprint density at radius 3 is 2.72 bits per heavy atom. The van der Waals surface area contributed by atoms with Crippen molar-refractivity contribution in [1.29, 1.82) is 0 Å². The molecule has 0 spiro atoms. The molecule has 0 radical (unpaired) electrons. The van der Waals surface area contributed by atoms with Gasteiger partial charge in [-0.05, 0) is 18.4 Å². The molecule has 0 saturated carbocycles. The fraction of sp³-hybridized carbons (Fsp3) is 0.421. The number of ether oxygens (including phenoxy) is 1. The smallest absolute Gasteiger partial charge is 0.288 e. The van der Waals surface area contributed by atoms with Gasteiger partial charge in [-0.3, -0.25) is 4.79 Å². The minimum absolute atomic E-state index is 0.0160. The van der Waals surface area contributed by atoms with E-state index in [0.717, 1.165) is 12.0 Å². The summed E-state index contributed by atoms with van der Waals surface area (Å²) in [7, 11) is 0. The summed E-state index contributed by atoms with van der Waals surface area (Å²) in [5, 5.41) is 21.2. The van der Waals surface area contributed by atoms with Crippen LogP contribution >= 0.6 is 0 Å². The van der Waals surface area contributed by atoms with Crippen LogP contribution in [0.4, 0.5) is 0 Å². The highest BCUT2D eigenvalue weighted by atomic mass is 16.5. The van der Waals surface area contributed by atoms with Crippen LogP contribution in [0.25, 0.3) is 17.2 Å². The van der Waals surface area contributed by atoms with E-state index in [1.807, 2.05) is 12.1 Å². The van der Waals surface area contributed by atoms with E-state index in [4.69, 9.17) is 15.6 Å². The van der Waals surface area contributed by atoms with Crippen LogP contribution in [0.5, 0.6) is 0 Å². The maximum Gasteiger partial charge on any atom is 0.288 e. The number of amides is 1. The Balaban J connectivity index is 1.79. The average Bonchev–Trinajstić information content (AvgIpc) is 3.36. The molecular weight excluding hydrogens is 374 g/mol. The molecule has 3 rings (SSSR count). The van der Waals surface area contributed by atoms with Crippen LogP contribution in [0.3, 0.4) is 0 Å². The summed E-state index contributed by atoms with van der Waals surface area (Å²) >= 11 is 0. The van der Waals surface area contributed by atoms with E-state index < -0.39 is 5.91 Å². The highest BCUT2D eigenvalue weighted by Crippen LogP contribution is 2.19. The van der Waals surface area contributed by atoms with Gasteiger partial charge in [-0.25, -0.2) is 4.68 Å². The minimum atomic E-state index is -0.758. The lowest BCUT2D eigenvalue weighted by Crippen LogP contribution is -2.14. The van der Waals surface area contributed by atoms with Crippen molar-refractivity contribution in [2.75, 3.05) is 13.2 Å². The van der Waals surface area contributed by atoms with Crippen LogP contribution in [0, 0.1) is 0 Å². The molecule has 0 saturated heterocycles. The first-order valence-corrected chi connectivity index (χ1v) is 9.57. The number of unbranched alkanes of at least 4 members (excludes halogenated alkanes) is 2. The molecule has 29 heavy (non-hydrogen) atoms. The number of hydrogen-bond donors (Lipinski definition) is 2. The molecule has 0 aliphatic carbocycles. The molecule has 0 bridgehead atoms. The lowest BCUT2D eigenvalue weighted by atomic mass is 10.0. The molecule has 1 aromatic carbocycles. The van der Waals surface area contributed by atoms with Crippen LogP contribution in [0.1, 0.15) is 42.4 Å².